The molecule has 0 bridgehead atoms. The van der Waals surface area contributed by atoms with Crippen LogP contribution in [0.15, 0.2) is 29.3 Å². The predicted molar refractivity (Wildman–Crippen MR) is 95.6 cm³/mol. The first-order chi connectivity index (χ1) is 10.7. The van der Waals surface area contributed by atoms with E-state index in [9.17, 15) is 0 Å². The van der Waals surface area contributed by atoms with Gasteiger partial charge in [0, 0.05) is 32.4 Å². The Morgan fingerprint density at radius 1 is 1.14 bits per heavy atom. The van der Waals surface area contributed by atoms with Crippen molar-refractivity contribution in [1.29, 1.82) is 0 Å². The van der Waals surface area contributed by atoms with E-state index in [-0.39, 0.29) is 0 Å². The summed E-state index contributed by atoms with van der Waals surface area (Å²) in [5, 5.41) is 6.95. The molecule has 0 aromatic heterocycles. The Kier molecular flexibility index (Phi) is 6.56. The van der Waals surface area contributed by atoms with Crippen LogP contribution < -0.4 is 15.5 Å². The minimum atomic E-state index is 0.586. The van der Waals surface area contributed by atoms with Crippen LogP contribution in [0.25, 0.3) is 0 Å². The molecule has 0 atom stereocenters. The van der Waals surface area contributed by atoms with Gasteiger partial charge in [-0.3, -0.25) is 0 Å². The second-order valence-corrected chi connectivity index (χ2v) is 6.24. The fourth-order valence-corrected chi connectivity index (χ4v) is 2.83. The van der Waals surface area contributed by atoms with Crippen molar-refractivity contribution in [3.8, 4) is 0 Å². The maximum Gasteiger partial charge on any atom is 0.191 e. The first-order valence-electron chi connectivity index (χ1n) is 8.50. The molecule has 0 saturated heterocycles. The number of nitrogens with zero attached hydrogens (tertiary/aromatic N) is 2. The highest BCUT2D eigenvalue weighted by Crippen LogP contribution is 2.17. The van der Waals surface area contributed by atoms with Gasteiger partial charge in [-0.15, -0.1) is 0 Å². The van der Waals surface area contributed by atoms with E-state index >= 15 is 0 Å². The fourth-order valence-electron chi connectivity index (χ4n) is 2.83. The molecule has 1 aromatic rings. The third-order valence-corrected chi connectivity index (χ3v) is 4.16. The molecule has 1 aromatic carbocycles. The number of nitrogens with one attached hydrogen (secondary N) is 2. The Morgan fingerprint density at radius 2 is 1.82 bits per heavy atom. The monoisotopic (exact) mass is 302 g/mol. The summed E-state index contributed by atoms with van der Waals surface area (Å²) in [5.74, 6) is 0.950. The molecule has 2 rings (SSSR count). The van der Waals surface area contributed by atoms with Gasteiger partial charge in [0.15, 0.2) is 5.96 Å². The SMILES string of the molecule is CCNC(=NCc1ccc(N(C)C)cc1)NC1CCCCC1. The van der Waals surface area contributed by atoms with Crippen LogP contribution in [0.1, 0.15) is 44.6 Å². The molecule has 1 saturated carbocycles. The molecule has 2 N–H and O–H groups in total. The molecule has 22 heavy (non-hydrogen) atoms. The topological polar surface area (TPSA) is 39.7 Å². The van der Waals surface area contributed by atoms with Gasteiger partial charge in [-0.25, -0.2) is 4.99 Å². The summed E-state index contributed by atoms with van der Waals surface area (Å²) in [6.45, 7) is 3.73. The summed E-state index contributed by atoms with van der Waals surface area (Å²) in [7, 11) is 4.12. The van der Waals surface area contributed by atoms with Crippen LogP contribution in [0.4, 0.5) is 5.69 Å². The molecule has 0 aliphatic heterocycles. The summed E-state index contributed by atoms with van der Waals surface area (Å²) in [5.41, 5.74) is 2.46. The number of benzene rings is 1. The highest BCUT2D eigenvalue weighted by Gasteiger charge is 2.14. The van der Waals surface area contributed by atoms with Gasteiger partial charge in [-0.2, -0.15) is 0 Å². The van der Waals surface area contributed by atoms with E-state index in [1.807, 2.05) is 0 Å². The molecule has 0 spiro atoms. The second kappa shape index (κ2) is 8.66. The predicted octanol–water partition coefficient (Wildman–Crippen LogP) is 3.14. The van der Waals surface area contributed by atoms with E-state index in [1.165, 1.54) is 43.4 Å². The van der Waals surface area contributed by atoms with Gasteiger partial charge in [0.2, 0.25) is 0 Å². The first kappa shape index (κ1) is 16.7. The van der Waals surface area contributed by atoms with Crippen LogP contribution in [0.2, 0.25) is 0 Å². The van der Waals surface area contributed by atoms with Gasteiger partial charge < -0.3 is 15.5 Å². The summed E-state index contributed by atoms with van der Waals surface area (Å²) < 4.78 is 0. The lowest BCUT2D eigenvalue weighted by Gasteiger charge is -2.24. The standard InChI is InChI=1S/C18H30N4/c1-4-19-18(21-16-8-6-5-7-9-16)20-14-15-10-12-17(13-11-15)22(2)3/h10-13,16H,4-9,14H2,1-3H3,(H2,19,20,21). The Labute approximate surface area is 135 Å². The van der Waals surface area contributed by atoms with Crippen LogP contribution in [0, 0.1) is 0 Å². The molecular formula is C18H30N4. The normalized spacial score (nSPS) is 16.4. The maximum atomic E-state index is 4.73. The highest BCUT2D eigenvalue weighted by molar-refractivity contribution is 5.80. The van der Waals surface area contributed by atoms with Crippen molar-refractivity contribution in [1.82, 2.24) is 10.6 Å². The molecule has 122 valence electrons. The molecule has 4 nitrogen and oxygen atoms in total. The lowest BCUT2D eigenvalue weighted by molar-refractivity contribution is 0.410. The lowest BCUT2D eigenvalue weighted by Crippen LogP contribution is -2.44. The number of anilines is 1. The summed E-state index contributed by atoms with van der Waals surface area (Å²) in [4.78, 5) is 6.85. The number of aliphatic imine (C=N–C) groups is 1. The number of guanidine groups is 1. The molecule has 0 unspecified atom stereocenters. The number of hydrogen-bond acceptors (Lipinski definition) is 2. The van der Waals surface area contributed by atoms with Gasteiger partial charge in [-0.1, -0.05) is 31.4 Å². The van der Waals surface area contributed by atoms with Crippen molar-refractivity contribution in [2.45, 2.75) is 51.6 Å². The third kappa shape index (κ3) is 5.24. The Balaban J connectivity index is 1.93. The van der Waals surface area contributed by atoms with E-state index < -0.39 is 0 Å². The number of hydrogen-bond donors (Lipinski definition) is 2. The zero-order valence-corrected chi connectivity index (χ0v) is 14.2. The first-order valence-corrected chi connectivity index (χ1v) is 8.50. The quantitative estimate of drug-likeness (QED) is 0.648. The summed E-state index contributed by atoms with van der Waals surface area (Å²) in [6, 6.07) is 9.19. The van der Waals surface area contributed by atoms with Crippen LogP contribution in [-0.2, 0) is 6.54 Å². The van der Waals surface area contributed by atoms with Crippen molar-refractivity contribution >= 4 is 11.6 Å². The van der Waals surface area contributed by atoms with E-state index in [0.717, 1.165) is 19.0 Å². The van der Waals surface area contributed by atoms with E-state index in [4.69, 9.17) is 4.99 Å². The smallest absolute Gasteiger partial charge is 0.191 e. The van der Waals surface area contributed by atoms with Crippen molar-refractivity contribution in [3.63, 3.8) is 0 Å². The molecule has 1 fully saturated rings. The minimum Gasteiger partial charge on any atom is -0.378 e. The molecule has 4 heteroatoms. The highest BCUT2D eigenvalue weighted by atomic mass is 15.2. The zero-order chi connectivity index (χ0) is 15.8. The summed E-state index contributed by atoms with van der Waals surface area (Å²) in [6.07, 6.45) is 6.58. The average molecular weight is 302 g/mol. The Hall–Kier alpha value is -1.71. The average Bonchev–Trinajstić information content (AvgIpc) is 2.54. The van der Waals surface area contributed by atoms with Crippen molar-refractivity contribution in [2.75, 3.05) is 25.5 Å². The Morgan fingerprint density at radius 3 is 2.41 bits per heavy atom. The van der Waals surface area contributed by atoms with Crippen LogP contribution in [0.5, 0.6) is 0 Å². The van der Waals surface area contributed by atoms with Crippen molar-refractivity contribution in [3.05, 3.63) is 29.8 Å². The van der Waals surface area contributed by atoms with Gasteiger partial charge >= 0.3 is 0 Å². The third-order valence-electron chi connectivity index (χ3n) is 4.16. The van der Waals surface area contributed by atoms with Crippen molar-refractivity contribution < 1.29 is 0 Å². The van der Waals surface area contributed by atoms with E-state index in [2.05, 4.69) is 60.8 Å². The van der Waals surface area contributed by atoms with Crippen LogP contribution in [0.3, 0.4) is 0 Å². The van der Waals surface area contributed by atoms with Gasteiger partial charge in [0.1, 0.15) is 0 Å². The largest absolute Gasteiger partial charge is 0.378 e. The van der Waals surface area contributed by atoms with Crippen LogP contribution >= 0.6 is 0 Å². The lowest BCUT2D eigenvalue weighted by atomic mass is 9.96. The molecule has 0 radical (unpaired) electrons. The number of rotatable bonds is 5. The van der Waals surface area contributed by atoms with Crippen LogP contribution in [-0.4, -0.2) is 32.6 Å². The summed E-state index contributed by atoms with van der Waals surface area (Å²) >= 11 is 0. The van der Waals surface area contributed by atoms with E-state index in [0.29, 0.717) is 6.04 Å². The zero-order valence-electron chi connectivity index (χ0n) is 14.2. The van der Waals surface area contributed by atoms with Gasteiger partial charge in [0.25, 0.3) is 0 Å². The van der Waals surface area contributed by atoms with E-state index in [1.54, 1.807) is 0 Å². The maximum absolute atomic E-state index is 4.73. The van der Waals surface area contributed by atoms with Gasteiger partial charge in [-0.05, 0) is 37.5 Å². The second-order valence-electron chi connectivity index (χ2n) is 6.24. The molecule has 0 amide bonds. The fraction of sp³-hybridized carbons (Fsp3) is 0.611. The molecule has 1 aliphatic rings. The van der Waals surface area contributed by atoms with Gasteiger partial charge in [0.05, 0.1) is 6.54 Å². The molecule has 1 aliphatic carbocycles. The Bertz CT molecular complexity index is 458. The minimum absolute atomic E-state index is 0.586. The van der Waals surface area contributed by atoms with Crippen molar-refractivity contribution in [2.24, 2.45) is 4.99 Å². The molecule has 0 heterocycles. The molecular weight excluding hydrogens is 272 g/mol.